The number of carbonyl (C=O) groups excluding carboxylic acids is 1. The van der Waals surface area contributed by atoms with E-state index < -0.39 is 0 Å². The fourth-order valence-corrected chi connectivity index (χ4v) is 2.81. The second-order valence-corrected chi connectivity index (χ2v) is 5.38. The summed E-state index contributed by atoms with van der Waals surface area (Å²) >= 11 is 0. The van der Waals surface area contributed by atoms with Crippen LogP contribution in [0.5, 0.6) is 0 Å². The first-order chi connectivity index (χ1) is 10.2. The molecule has 0 spiro atoms. The van der Waals surface area contributed by atoms with Gasteiger partial charge in [0, 0.05) is 12.1 Å². The second kappa shape index (κ2) is 7.26. The Labute approximate surface area is 135 Å². The van der Waals surface area contributed by atoms with Gasteiger partial charge in [0.1, 0.15) is 12.7 Å². The molecule has 1 aliphatic carbocycles. The van der Waals surface area contributed by atoms with Crippen LogP contribution in [-0.4, -0.2) is 20.7 Å². The molecule has 0 fully saturated rings. The van der Waals surface area contributed by atoms with Crippen molar-refractivity contribution in [1.82, 2.24) is 20.1 Å². The van der Waals surface area contributed by atoms with Gasteiger partial charge in [0.25, 0.3) is 0 Å². The summed E-state index contributed by atoms with van der Waals surface area (Å²) in [5, 5.41) is 7.11. The largest absolute Gasteiger partial charge is 0.399 e. The molecule has 1 atom stereocenters. The summed E-state index contributed by atoms with van der Waals surface area (Å²) in [4.78, 5) is 15.9. The van der Waals surface area contributed by atoms with Crippen molar-refractivity contribution in [2.24, 2.45) is 0 Å². The van der Waals surface area contributed by atoms with Gasteiger partial charge in [0.15, 0.2) is 0 Å². The topological polar surface area (TPSA) is 85.8 Å². The third-order valence-electron chi connectivity index (χ3n) is 3.85. The number of benzene rings is 1. The monoisotopic (exact) mass is 321 g/mol. The predicted molar refractivity (Wildman–Crippen MR) is 86.6 cm³/mol. The molecule has 1 unspecified atom stereocenters. The maximum Gasteiger partial charge on any atom is 0.222 e. The second-order valence-electron chi connectivity index (χ2n) is 5.38. The number of nitrogen functional groups attached to an aromatic ring is 1. The lowest BCUT2D eigenvalue weighted by Crippen LogP contribution is -2.31. The Morgan fingerprint density at radius 1 is 1.45 bits per heavy atom. The minimum absolute atomic E-state index is 0. The van der Waals surface area contributed by atoms with Gasteiger partial charge < -0.3 is 11.1 Å². The van der Waals surface area contributed by atoms with Crippen molar-refractivity contribution in [3.05, 3.63) is 42.0 Å². The number of nitrogens with zero attached hydrogens (tertiary/aromatic N) is 3. The maximum atomic E-state index is 12.1. The van der Waals surface area contributed by atoms with Crippen LogP contribution in [0.3, 0.4) is 0 Å². The van der Waals surface area contributed by atoms with Crippen LogP contribution in [0.2, 0.25) is 0 Å². The van der Waals surface area contributed by atoms with Crippen LogP contribution in [0.4, 0.5) is 5.69 Å². The van der Waals surface area contributed by atoms with Gasteiger partial charge in [0.2, 0.25) is 5.91 Å². The zero-order valence-electron chi connectivity index (χ0n) is 12.2. The molecule has 6 nitrogen and oxygen atoms in total. The van der Waals surface area contributed by atoms with E-state index in [1.807, 2.05) is 18.2 Å². The molecule has 1 heterocycles. The molecule has 1 aromatic heterocycles. The number of amides is 1. The zero-order valence-corrected chi connectivity index (χ0v) is 13.1. The molecular weight excluding hydrogens is 302 g/mol. The Morgan fingerprint density at radius 2 is 2.32 bits per heavy atom. The first-order valence-corrected chi connectivity index (χ1v) is 7.22. The van der Waals surface area contributed by atoms with Crippen molar-refractivity contribution in [1.29, 1.82) is 0 Å². The molecule has 0 bridgehead atoms. The number of halogens is 1. The van der Waals surface area contributed by atoms with Crippen molar-refractivity contribution in [2.45, 2.75) is 38.3 Å². The lowest BCUT2D eigenvalue weighted by atomic mass is 9.87. The van der Waals surface area contributed by atoms with Crippen LogP contribution in [0.25, 0.3) is 0 Å². The Morgan fingerprint density at radius 3 is 3.09 bits per heavy atom. The lowest BCUT2D eigenvalue weighted by molar-refractivity contribution is -0.122. The van der Waals surface area contributed by atoms with Gasteiger partial charge in [-0.25, -0.2) is 4.98 Å². The van der Waals surface area contributed by atoms with Crippen molar-refractivity contribution >= 4 is 24.0 Å². The van der Waals surface area contributed by atoms with Crippen LogP contribution >= 0.6 is 12.4 Å². The molecule has 22 heavy (non-hydrogen) atoms. The van der Waals surface area contributed by atoms with E-state index in [-0.39, 0.29) is 24.4 Å². The number of rotatable bonds is 4. The number of hydrogen-bond donors (Lipinski definition) is 2. The van der Waals surface area contributed by atoms with Gasteiger partial charge in [-0.1, -0.05) is 6.07 Å². The van der Waals surface area contributed by atoms with E-state index in [1.54, 1.807) is 11.0 Å². The van der Waals surface area contributed by atoms with Crippen molar-refractivity contribution in [2.75, 3.05) is 5.73 Å². The van der Waals surface area contributed by atoms with Gasteiger partial charge in [-0.05, 0) is 42.5 Å². The lowest BCUT2D eigenvalue weighted by Gasteiger charge is -2.26. The van der Waals surface area contributed by atoms with Gasteiger partial charge in [-0.3, -0.25) is 9.48 Å². The molecule has 1 aromatic carbocycles. The highest BCUT2D eigenvalue weighted by Gasteiger charge is 2.21. The normalized spacial score (nSPS) is 16.5. The summed E-state index contributed by atoms with van der Waals surface area (Å²) in [6.07, 6.45) is 6.58. The zero-order chi connectivity index (χ0) is 14.7. The summed E-state index contributed by atoms with van der Waals surface area (Å²) < 4.78 is 1.66. The van der Waals surface area contributed by atoms with E-state index in [1.165, 1.54) is 17.5 Å². The van der Waals surface area contributed by atoms with Crippen LogP contribution in [0.15, 0.2) is 30.9 Å². The summed E-state index contributed by atoms with van der Waals surface area (Å²) in [7, 11) is 0. The van der Waals surface area contributed by atoms with Gasteiger partial charge >= 0.3 is 0 Å². The number of carbonyl (C=O) groups is 1. The number of nitrogens with two attached hydrogens (primary N) is 1. The highest BCUT2D eigenvalue weighted by Crippen LogP contribution is 2.30. The number of aromatic nitrogens is 3. The quantitative estimate of drug-likeness (QED) is 0.842. The fourth-order valence-electron chi connectivity index (χ4n) is 2.81. The fraction of sp³-hybridized carbons (Fsp3) is 0.400. The number of nitrogens with one attached hydrogen (secondary N) is 1. The van der Waals surface area contributed by atoms with Gasteiger partial charge in [0.05, 0.1) is 12.6 Å². The highest BCUT2D eigenvalue weighted by atomic mass is 35.5. The third kappa shape index (κ3) is 3.76. The maximum absolute atomic E-state index is 12.1. The van der Waals surface area contributed by atoms with Crippen LogP contribution in [-0.2, 0) is 17.8 Å². The number of anilines is 1. The predicted octanol–water partition coefficient (Wildman–Crippen LogP) is 1.87. The first-order valence-electron chi connectivity index (χ1n) is 7.22. The SMILES string of the molecule is Cl.Nc1ccc2c(c1)CCCC2NC(=O)CCn1cncn1. The Kier molecular flexibility index (Phi) is 5.38. The molecule has 3 N–H and O–H groups in total. The van der Waals surface area contributed by atoms with E-state index >= 15 is 0 Å². The number of fused-ring (bicyclic) bond motifs is 1. The van der Waals surface area contributed by atoms with Crippen LogP contribution in [0, 0.1) is 0 Å². The Hall–Kier alpha value is -2.08. The van der Waals surface area contributed by atoms with E-state index in [2.05, 4.69) is 15.4 Å². The molecule has 1 amide bonds. The molecule has 2 aromatic rings. The molecule has 0 radical (unpaired) electrons. The van der Waals surface area contributed by atoms with Crippen molar-refractivity contribution in [3.63, 3.8) is 0 Å². The van der Waals surface area contributed by atoms with E-state index in [4.69, 9.17) is 5.73 Å². The van der Waals surface area contributed by atoms with E-state index in [9.17, 15) is 4.79 Å². The molecule has 118 valence electrons. The van der Waals surface area contributed by atoms with Crippen LogP contribution < -0.4 is 11.1 Å². The van der Waals surface area contributed by atoms with Gasteiger partial charge in [-0.15, -0.1) is 12.4 Å². The molecule has 1 aliphatic rings. The van der Waals surface area contributed by atoms with Crippen molar-refractivity contribution in [3.8, 4) is 0 Å². The standard InChI is InChI=1S/C15H19N5O.ClH/c16-12-4-5-13-11(8-12)2-1-3-14(13)19-15(21)6-7-20-10-17-9-18-20;/h4-5,8-10,14H,1-3,6-7,16H2,(H,19,21);1H. The smallest absolute Gasteiger partial charge is 0.222 e. The first kappa shape index (κ1) is 16.3. The summed E-state index contributed by atoms with van der Waals surface area (Å²) in [5.41, 5.74) is 9.06. The van der Waals surface area contributed by atoms with Crippen molar-refractivity contribution < 1.29 is 4.79 Å². The average Bonchev–Trinajstić information content (AvgIpc) is 2.98. The molecule has 0 saturated carbocycles. The third-order valence-corrected chi connectivity index (χ3v) is 3.85. The summed E-state index contributed by atoms with van der Waals surface area (Å²) in [6, 6.07) is 6.05. The summed E-state index contributed by atoms with van der Waals surface area (Å²) in [5.74, 6) is 0.0418. The molecule has 0 saturated heterocycles. The molecular formula is C15H20ClN5O. The highest BCUT2D eigenvalue weighted by molar-refractivity contribution is 5.85. The summed E-state index contributed by atoms with van der Waals surface area (Å²) in [6.45, 7) is 0.549. The molecule has 7 heteroatoms. The molecule has 0 aliphatic heterocycles. The number of hydrogen-bond acceptors (Lipinski definition) is 4. The van der Waals surface area contributed by atoms with E-state index in [0.717, 1.165) is 24.9 Å². The minimum atomic E-state index is 0. The van der Waals surface area contributed by atoms with Gasteiger partial charge in [-0.2, -0.15) is 5.10 Å². The Bertz CT molecular complexity index is 629. The number of aryl methyl sites for hydroxylation is 2. The van der Waals surface area contributed by atoms with E-state index in [0.29, 0.717) is 13.0 Å². The Balaban J connectivity index is 0.00000176. The average molecular weight is 322 g/mol. The molecule has 3 rings (SSSR count). The minimum Gasteiger partial charge on any atom is -0.399 e. The van der Waals surface area contributed by atoms with Crippen LogP contribution in [0.1, 0.15) is 36.4 Å².